The van der Waals surface area contributed by atoms with Crippen molar-refractivity contribution in [3.05, 3.63) is 21.7 Å². The number of amides is 1. The van der Waals surface area contributed by atoms with Gasteiger partial charge in [-0.15, -0.1) is 0 Å². The standard InChI is InChI=1S/C19H24BrN5O7/c20-14-10(16(22)28)11-15(21)23-7-24(30)17(11)25(14)18-13(27)12(26)9(32-18)6-31-19(29)8-4-2-1-3-5-8/h7-9,12-13,18,26-27H,1-6H2,(H2,21,23)(H2,22,28)/t9-,12-,13-,18-/m0/s1. The summed E-state index contributed by atoms with van der Waals surface area (Å²) in [6.07, 6.45) is 0.167. The van der Waals surface area contributed by atoms with Gasteiger partial charge in [0.2, 0.25) is 24.0 Å². The van der Waals surface area contributed by atoms with Crippen LogP contribution in [-0.2, 0) is 14.3 Å². The third-order valence-electron chi connectivity index (χ3n) is 6.05. The minimum atomic E-state index is -1.50. The summed E-state index contributed by atoms with van der Waals surface area (Å²) in [6.45, 7) is -0.273. The average molecular weight is 514 g/mol. The van der Waals surface area contributed by atoms with Crippen molar-refractivity contribution in [2.24, 2.45) is 11.7 Å². The lowest BCUT2D eigenvalue weighted by molar-refractivity contribution is -0.584. The van der Waals surface area contributed by atoms with Crippen molar-refractivity contribution in [3.8, 4) is 0 Å². The fourth-order valence-corrected chi connectivity index (χ4v) is 5.16. The van der Waals surface area contributed by atoms with Gasteiger partial charge in [0.05, 0.1) is 5.92 Å². The van der Waals surface area contributed by atoms with E-state index in [9.17, 15) is 25.0 Å². The second-order valence-electron chi connectivity index (χ2n) is 8.07. The summed E-state index contributed by atoms with van der Waals surface area (Å²) in [5.74, 6) is -1.55. The molecule has 1 amide bonds. The van der Waals surface area contributed by atoms with Gasteiger partial charge in [-0.3, -0.25) is 9.59 Å². The van der Waals surface area contributed by atoms with Crippen LogP contribution in [0, 0.1) is 11.1 Å². The van der Waals surface area contributed by atoms with E-state index in [1.807, 2.05) is 0 Å². The van der Waals surface area contributed by atoms with Crippen molar-refractivity contribution in [1.82, 2.24) is 9.55 Å². The van der Waals surface area contributed by atoms with Crippen LogP contribution in [0.4, 0.5) is 5.82 Å². The van der Waals surface area contributed by atoms with Crippen molar-refractivity contribution >= 4 is 44.7 Å². The number of esters is 1. The number of nitrogen functional groups attached to an aromatic ring is 1. The number of nitrogens with two attached hydrogens (primary N) is 2. The molecule has 6 N–H and O–H groups in total. The van der Waals surface area contributed by atoms with Gasteiger partial charge in [0.1, 0.15) is 35.9 Å². The number of halogens is 1. The fraction of sp³-hybridized carbons (Fsp3) is 0.579. The number of aliphatic hydroxyl groups is 2. The summed E-state index contributed by atoms with van der Waals surface area (Å²) < 4.78 is 12.7. The number of carbonyl (C=O) groups is 2. The second kappa shape index (κ2) is 8.81. The maximum Gasteiger partial charge on any atom is 0.309 e. The third kappa shape index (κ3) is 3.78. The number of primary amides is 1. The Morgan fingerprint density at radius 2 is 2.00 bits per heavy atom. The fourth-order valence-electron chi connectivity index (χ4n) is 4.40. The predicted molar refractivity (Wildman–Crippen MR) is 113 cm³/mol. The molecule has 1 saturated carbocycles. The van der Waals surface area contributed by atoms with Gasteiger partial charge in [-0.2, -0.15) is 0 Å². The van der Waals surface area contributed by atoms with E-state index in [0.717, 1.165) is 38.4 Å². The van der Waals surface area contributed by atoms with Crippen molar-refractivity contribution in [1.29, 1.82) is 0 Å². The number of carbonyl (C=O) groups excluding carboxylic acids is 2. The van der Waals surface area contributed by atoms with Crippen LogP contribution in [-0.4, -0.2) is 56.6 Å². The number of anilines is 1. The van der Waals surface area contributed by atoms with E-state index in [2.05, 4.69) is 20.9 Å². The Hall–Kier alpha value is -2.48. The lowest BCUT2D eigenvalue weighted by atomic mass is 9.89. The Labute approximate surface area is 190 Å². The Kier molecular flexibility index (Phi) is 6.25. The number of nitrogens with zero attached hydrogens (tertiary/aromatic N) is 3. The summed E-state index contributed by atoms with van der Waals surface area (Å²) in [7, 11) is 0. The molecule has 2 fully saturated rings. The van der Waals surface area contributed by atoms with Crippen molar-refractivity contribution in [2.75, 3.05) is 12.3 Å². The van der Waals surface area contributed by atoms with Crippen LogP contribution in [0.2, 0.25) is 0 Å². The molecule has 174 valence electrons. The molecule has 1 aliphatic heterocycles. The zero-order valence-electron chi connectivity index (χ0n) is 17.0. The highest BCUT2D eigenvalue weighted by Gasteiger charge is 2.48. The van der Waals surface area contributed by atoms with Crippen LogP contribution >= 0.6 is 15.9 Å². The van der Waals surface area contributed by atoms with Crippen molar-refractivity contribution in [3.63, 3.8) is 0 Å². The molecule has 4 rings (SSSR count). The van der Waals surface area contributed by atoms with Gasteiger partial charge in [0.15, 0.2) is 4.60 Å². The number of hydrogen-bond donors (Lipinski definition) is 4. The molecule has 0 bridgehead atoms. The Balaban J connectivity index is 1.62. The van der Waals surface area contributed by atoms with E-state index in [1.54, 1.807) is 0 Å². The SMILES string of the molecule is NC(=O)c1c(Br)n([C@H]2O[C@@H](COC(=O)C3CCCCC3)[C@H](O)[C@@H]2O)c2c1c(N)nc[n+]2[O-]. The maximum atomic E-state index is 12.5. The first-order chi connectivity index (χ1) is 15.2. The van der Waals surface area contributed by atoms with Gasteiger partial charge in [0, 0.05) is 0 Å². The molecule has 2 aliphatic rings. The van der Waals surface area contributed by atoms with E-state index < -0.39 is 30.4 Å². The number of hydrogen-bond acceptors (Lipinski definition) is 9. The van der Waals surface area contributed by atoms with Crippen LogP contribution < -0.4 is 16.2 Å². The van der Waals surface area contributed by atoms with Crippen molar-refractivity contribution < 1.29 is 34.0 Å². The van der Waals surface area contributed by atoms with Gasteiger partial charge in [-0.05, 0) is 28.8 Å². The van der Waals surface area contributed by atoms with Gasteiger partial charge in [-0.25, -0.2) is 9.30 Å². The molecule has 1 aliphatic carbocycles. The first-order valence-corrected chi connectivity index (χ1v) is 11.1. The van der Waals surface area contributed by atoms with E-state index >= 15 is 0 Å². The van der Waals surface area contributed by atoms with Gasteiger partial charge < -0.3 is 36.4 Å². The van der Waals surface area contributed by atoms with E-state index in [-0.39, 0.29) is 45.5 Å². The number of fused-ring (bicyclic) bond motifs is 1. The first kappa shape index (κ1) is 22.7. The number of aromatic nitrogens is 3. The number of ether oxygens (including phenoxy) is 2. The monoisotopic (exact) mass is 513 g/mol. The van der Waals surface area contributed by atoms with Crippen LogP contribution in [0.5, 0.6) is 0 Å². The van der Waals surface area contributed by atoms with Gasteiger partial charge in [0.25, 0.3) is 5.91 Å². The smallest absolute Gasteiger partial charge is 0.309 e. The highest BCUT2D eigenvalue weighted by atomic mass is 79.9. The lowest BCUT2D eigenvalue weighted by Gasteiger charge is -2.21. The minimum absolute atomic E-state index is 0.0145. The van der Waals surface area contributed by atoms with E-state index in [4.69, 9.17) is 20.9 Å². The van der Waals surface area contributed by atoms with Gasteiger partial charge >= 0.3 is 5.97 Å². The van der Waals surface area contributed by atoms with Crippen LogP contribution in [0.15, 0.2) is 10.9 Å². The average Bonchev–Trinajstić information content (AvgIpc) is 3.24. The molecule has 0 spiro atoms. The molecule has 0 radical (unpaired) electrons. The summed E-state index contributed by atoms with van der Waals surface area (Å²) >= 11 is 3.22. The molecule has 0 unspecified atom stereocenters. The quantitative estimate of drug-likeness (QED) is 0.239. The van der Waals surface area contributed by atoms with Crippen molar-refractivity contribution in [2.45, 2.75) is 56.6 Å². The summed E-state index contributed by atoms with van der Waals surface area (Å²) in [5, 5.41) is 33.6. The predicted octanol–water partition coefficient (Wildman–Crippen LogP) is -0.144. The lowest BCUT2D eigenvalue weighted by Crippen LogP contribution is -2.36. The molecule has 13 heteroatoms. The molecular weight excluding hydrogens is 490 g/mol. The molecular formula is C19H24BrN5O7. The molecule has 0 aromatic carbocycles. The summed E-state index contributed by atoms with van der Waals surface area (Å²) in [5.41, 5.74) is 11.1. The zero-order valence-corrected chi connectivity index (χ0v) is 18.6. The molecule has 4 atom stereocenters. The summed E-state index contributed by atoms with van der Waals surface area (Å²) in [6, 6.07) is 0. The molecule has 32 heavy (non-hydrogen) atoms. The highest BCUT2D eigenvalue weighted by molar-refractivity contribution is 9.10. The van der Waals surface area contributed by atoms with Crippen LogP contribution in [0.25, 0.3) is 11.0 Å². The molecule has 2 aromatic heterocycles. The normalized spacial score (nSPS) is 26.5. The summed E-state index contributed by atoms with van der Waals surface area (Å²) in [4.78, 5) is 28.1. The largest absolute Gasteiger partial charge is 0.740 e. The minimum Gasteiger partial charge on any atom is -0.740 e. The molecule has 1 saturated heterocycles. The second-order valence-corrected chi connectivity index (χ2v) is 8.82. The topological polar surface area (TPSA) is 190 Å². The third-order valence-corrected chi connectivity index (χ3v) is 6.83. The number of rotatable bonds is 5. The first-order valence-electron chi connectivity index (χ1n) is 10.3. The Morgan fingerprint density at radius 3 is 2.66 bits per heavy atom. The van der Waals surface area contributed by atoms with E-state index in [0.29, 0.717) is 4.73 Å². The Bertz CT molecular complexity index is 1050. The van der Waals surface area contributed by atoms with Gasteiger partial charge in [-0.1, -0.05) is 24.2 Å². The number of aliphatic hydroxyl groups excluding tert-OH is 2. The molecule has 3 heterocycles. The maximum absolute atomic E-state index is 12.5. The zero-order chi connectivity index (χ0) is 23.2. The highest BCUT2D eigenvalue weighted by Crippen LogP contribution is 2.39. The molecule has 12 nitrogen and oxygen atoms in total. The van der Waals surface area contributed by atoms with E-state index in [1.165, 1.54) is 4.57 Å². The van der Waals surface area contributed by atoms with Crippen LogP contribution in [0.1, 0.15) is 48.7 Å². The molecule has 2 aromatic rings. The Morgan fingerprint density at radius 1 is 1.31 bits per heavy atom. The van der Waals surface area contributed by atoms with Crippen LogP contribution in [0.3, 0.4) is 0 Å².